The number of rotatable bonds is 8. The zero-order valence-electron chi connectivity index (χ0n) is 12.7. The van der Waals surface area contributed by atoms with E-state index in [0.717, 1.165) is 5.56 Å². The van der Waals surface area contributed by atoms with Crippen molar-refractivity contribution in [2.75, 3.05) is 40.5 Å². The molecule has 1 aromatic carbocycles. The van der Waals surface area contributed by atoms with Crippen LogP contribution in [-0.2, 0) is 9.47 Å². The van der Waals surface area contributed by atoms with Crippen LogP contribution in [0.15, 0.2) is 18.2 Å². The van der Waals surface area contributed by atoms with Gasteiger partial charge in [0.2, 0.25) is 5.91 Å². The normalized spacial score (nSPS) is 10.4. The van der Waals surface area contributed by atoms with Crippen molar-refractivity contribution in [2.24, 2.45) is 5.73 Å². The molecular formula is C15H22N2O4. The highest BCUT2D eigenvalue weighted by Crippen LogP contribution is 2.12. The first kappa shape index (κ1) is 17.1. The lowest BCUT2D eigenvalue weighted by molar-refractivity contribution is 0.0627. The fourth-order valence-electron chi connectivity index (χ4n) is 1.95. The molecule has 0 aliphatic heterocycles. The fourth-order valence-corrected chi connectivity index (χ4v) is 1.95. The van der Waals surface area contributed by atoms with E-state index < -0.39 is 5.91 Å². The summed E-state index contributed by atoms with van der Waals surface area (Å²) >= 11 is 0. The third-order valence-corrected chi connectivity index (χ3v) is 3.03. The van der Waals surface area contributed by atoms with Gasteiger partial charge in [-0.05, 0) is 30.7 Å². The van der Waals surface area contributed by atoms with E-state index in [-0.39, 0.29) is 5.91 Å². The van der Waals surface area contributed by atoms with Gasteiger partial charge in [0, 0.05) is 38.4 Å². The number of methoxy groups -OCH3 is 2. The van der Waals surface area contributed by atoms with Crippen LogP contribution in [0.3, 0.4) is 0 Å². The van der Waals surface area contributed by atoms with E-state index in [2.05, 4.69) is 0 Å². The molecular weight excluding hydrogens is 272 g/mol. The maximum Gasteiger partial charge on any atom is 0.254 e. The van der Waals surface area contributed by atoms with Crippen molar-refractivity contribution in [3.8, 4) is 0 Å². The van der Waals surface area contributed by atoms with E-state index in [1.165, 1.54) is 6.07 Å². The zero-order chi connectivity index (χ0) is 15.8. The van der Waals surface area contributed by atoms with Crippen LogP contribution >= 0.6 is 0 Å². The summed E-state index contributed by atoms with van der Waals surface area (Å²) in [6.07, 6.45) is 0. The average molecular weight is 294 g/mol. The van der Waals surface area contributed by atoms with Crippen molar-refractivity contribution in [1.29, 1.82) is 0 Å². The van der Waals surface area contributed by atoms with Crippen LogP contribution in [0.5, 0.6) is 0 Å². The standard InChI is InChI=1S/C15H22N2O4/c1-11-8-12(14(16)18)10-13(9-11)15(19)17(4-6-20-2)5-7-21-3/h8-10H,4-7H2,1-3H3,(H2,16,18). The van der Waals surface area contributed by atoms with Gasteiger partial charge in [-0.3, -0.25) is 9.59 Å². The molecule has 2 N–H and O–H groups in total. The predicted molar refractivity (Wildman–Crippen MR) is 79.4 cm³/mol. The molecule has 0 saturated carbocycles. The van der Waals surface area contributed by atoms with E-state index in [4.69, 9.17) is 15.2 Å². The summed E-state index contributed by atoms with van der Waals surface area (Å²) in [5.74, 6) is -0.719. The molecule has 6 nitrogen and oxygen atoms in total. The Morgan fingerprint density at radius 3 is 2.05 bits per heavy atom. The maximum absolute atomic E-state index is 12.5. The number of primary amides is 1. The molecule has 0 radical (unpaired) electrons. The molecule has 1 aromatic rings. The minimum absolute atomic E-state index is 0.171. The van der Waals surface area contributed by atoms with Crippen LogP contribution in [0.1, 0.15) is 26.3 Å². The third kappa shape index (κ3) is 5.17. The minimum atomic E-state index is -0.548. The Labute approximate surface area is 124 Å². The second kappa shape index (κ2) is 8.39. The predicted octanol–water partition coefficient (Wildman–Crippen LogP) is 0.829. The van der Waals surface area contributed by atoms with E-state index in [0.29, 0.717) is 37.4 Å². The van der Waals surface area contributed by atoms with E-state index in [9.17, 15) is 9.59 Å². The highest BCUT2D eigenvalue weighted by atomic mass is 16.5. The van der Waals surface area contributed by atoms with E-state index in [1.54, 1.807) is 31.3 Å². The van der Waals surface area contributed by atoms with Crippen LogP contribution < -0.4 is 5.73 Å². The minimum Gasteiger partial charge on any atom is -0.383 e. The Morgan fingerprint density at radius 1 is 1.05 bits per heavy atom. The van der Waals surface area contributed by atoms with Crippen molar-refractivity contribution in [3.63, 3.8) is 0 Å². The maximum atomic E-state index is 12.5. The first-order chi connectivity index (χ1) is 9.99. The van der Waals surface area contributed by atoms with Crippen LogP contribution in [0.2, 0.25) is 0 Å². The van der Waals surface area contributed by atoms with Gasteiger partial charge in [-0.25, -0.2) is 0 Å². The van der Waals surface area contributed by atoms with Crippen LogP contribution in [0.4, 0.5) is 0 Å². The molecule has 0 fully saturated rings. The molecule has 0 bridgehead atoms. The summed E-state index contributed by atoms with van der Waals surface area (Å²) in [6.45, 7) is 3.60. The average Bonchev–Trinajstić information content (AvgIpc) is 2.46. The number of hydrogen-bond donors (Lipinski definition) is 1. The first-order valence-corrected chi connectivity index (χ1v) is 6.68. The molecule has 0 spiro atoms. The van der Waals surface area contributed by atoms with Crippen LogP contribution in [0.25, 0.3) is 0 Å². The van der Waals surface area contributed by atoms with Gasteiger partial charge in [-0.2, -0.15) is 0 Å². The Morgan fingerprint density at radius 2 is 1.57 bits per heavy atom. The highest BCUT2D eigenvalue weighted by Gasteiger charge is 2.17. The Kier molecular flexibility index (Phi) is 6.84. The zero-order valence-corrected chi connectivity index (χ0v) is 12.7. The van der Waals surface area contributed by atoms with E-state index in [1.807, 2.05) is 6.92 Å². The molecule has 0 saturated heterocycles. The quantitative estimate of drug-likeness (QED) is 0.770. The number of benzene rings is 1. The molecule has 0 aromatic heterocycles. The summed E-state index contributed by atoms with van der Waals surface area (Å²) in [5, 5.41) is 0. The number of carbonyl (C=O) groups excluding carboxylic acids is 2. The van der Waals surface area contributed by atoms with Crippen molar-refractivity contribution in [3.05, 3.63) is 34.9 Å². The third-order valence-electron chi connectivity index (χ3n) is 3.03. The van der Waals surface area contributed by atoms with Gasteiger partial charge in [0.25, 0.3) is 5.91 Å². The van der Waals surface area contributed by atoms with Gasteiger partial charge in [0.15, 0.2) is 0 Å². The number of ether oxygens (including phenoxy) is 2. The molecule has 1 rings (SSSR count). The number of nitrogens with zero attached hydrogens (tertiary/aromatic N) is 1. The summed E-state index contributed by atoms with van der Waals surface area (Å²) in [4.78, 5) is 25.5. The molecule has 116 valence electrons. The smallest absolute Gasteiger partial charge is 0.254 e. The second-order valence-corrected chi connectivity index (χ2v) is 4.73. The summed E-state index contributed by atoms with van der Waals surface area (Å²) in [7, 11) is 3.16. The van der Waals surface area contributed by atoms with Gasteiger partial charge in [-0.15, -0.1) is 0 Å². The van der Waals surface area contributed by atoms with E-state index >= 15 is 0 Å². The molecule has 0 atom stereocenters. The lowest BCUT2D eigenvalue weighted by Crippen LogP contribution is -2.36. The second-order valence-electron chi connectivity index (χ2n) is 4.73. The first-order valence-electron chi connectivity index (χ1n) is 6.68. The SMILES string of the molecule is COCCN(CCOC)C(=O)c1cc(C)cc(C(N)=O)c1. The van der Waals surface area contributed by atoms with Gasteiger partial charge in [0.05, 0.1) is 13.2 Å². The van der Waals surface area contributed by atoms with Crippen molar-refractivity contribution in [2.45, 2.75) is 6.92 Å². The topological polar surface area (TPSA) is 81.9 Å². The van der Waals surface area contributed by atoms with Gasteiger partial charge < -0.3 is 20.1 Å². The largest absolute Gasteiger partial charge is 0.383 e. The number of amides is 2. The Balaban J connectivity index is 2.98. The summed E-state index contributed by atoms with van der Waals surface area (Å²) in [5.41, 5.74) is 6.87. The molecule has 6 heteroatoms. The van der Waals surface area contributed by atoms with Gasteiger partial charge in [0.1, 0.15) is 0 Å². The van der Waals surface area contributed by atoms with Gasteiger partial charge >= 0.3 is 0 Å². The van der Waals surface area contributed by atoms with Crippen molar-refractivity contribution in [1.82, 2.24) is 4.90 Å². The summed E-state index contributed by atoms with van der Waals surface area (Å²) in [6, 6.07) is 4.92. The van der Waals surface area contributed by atoms with Crippen molar-refractivity contribution >= 4 is 11.8 Å². The molecule has 21 heavy (non-hydrogen) atoms. The molecule has 0 aliphatic carbocycles. The fraction of sp³-hybridized carbons (Fsp3) is 0.467. The number of aryl methyl sites for hydroxylation is 1. The Bertz CT molecular complexity index is 494. The molecule has 2 amide bonds. The summed E-state index contributed by atoms with van der Waals surface area (Å²) < 4.78 is 10.0. The molecule has 0 unspecified atom stereocenters. The molecule has 0 aliphatic rings. The van der Waals surface area contributed by atoms with Gasteiger partial charge in [-0.1, -0.05) is 0 Å². The number of hydrogen-bond acceptors (Lipinski definition) is 4. The number of carbonyl (C=O) groups is 2. The molecule has 0 heterocycles. The lowest BCUT2D eigenvalue weighted by Gasteiger charge is -2.22. The Hall–Kier alpha value is -1.92. The highest BCUT2D eigenvalue weighted by molar-refractivity contribution is 5.99. The van der Waals surface area contributed by atoms with Crippen molar-refractivity contribution < 1.29 is 19.1 Å². The monoisotopic (exact) mass is 294 g/mol. The van der Waals surface area contributed by atoms with Crippen LogP contribution in [0, 0.1) is 6.92 Å². The number of nitrogens with two attached hydrogens (primary N) is 1. The lowest BCUT2D eigenvalue weighted by atomic mass is 10.0. The van der Waals surface area contributed by atoms with Crippen LogP contribution in [-0.4, -0.2) is 57.2 Å².